The molecular formula is C36H62N8O10Si2. The van der Waals surface area contributed by atoms with Gasteiger partial charge in [0.2, 0.25) is 0 Å². The highest BCUT2D eigenvalue weighted by molar-refractivity contribution is 6.61. The number of hydrogen-bond donors (Lipinski definition) is 4. The first-order valence-corrected chi connectivity index (χ1v) is 23.3. The van der Waals surface area contributed by atoms with E-state index in [9.17, 15) is 19.7 Å². The lowest BCUT2D eigenvalue weighted by molar-refractivity contribution is -0.384. The lowest BCUT2D eigenvalue weighted by Crippen LogP contribution is -2.47. The number of rotatable bonds is 30. The van der Waals surface area contributed by atoms with E-state index in [2.05, 4.69) is 31.5 Å². The van der Waals surface area contributed by atoms with E-state index in [1.165, 1.54) is 24.3 Å². The Hall–Kier alpha value is -4.03. The first kappa shape index (κ1) is 48.1. The van der Waals surface area contributed by atoms with Crippen LogP contribution in [0.1, 0.15) is 54.4 Å². The highest BCUT2D eigenvalue weighted by Gasteiger charge is 2.40. The predicted octanol–water partition coefficient (Wildman–Crippen LogP) is 6.29. The van der Waals surface area contributed by atoms with E-state index in [4.69, 9.17) is 26.6 Å². The van der Waals surface area contributed by atoms with Gasteiger partial charge in [0.05, 0.1) is 16.3 Å². The smallest absolute Gasteiger partial charge is 0.374 e. The fourth-order valence-corrected chi connectivity index (χ4v) is 10.8. The second kappa shape index (κ2) is 27.6. The highest BCUT2D eigenvalue weighted by atomic mass is 28.4. The molecule has 4 N–H and O–H groups in total. The number of hydrogen-bond acceptors (Lipinski definition) is 13. The second-order valence-corrected chi connectivity index (χ2v) is 17.5. The normalized spacial score (nSPS) is 11.8. The number of anilines is 1. The molecule has 0 spiro atoms. The molecule has 2 aromatic rings. The standard InChI is InChI=1S/C36H62N8O10Si2/c1-7-49-55(50-8-2,51-9-3)29-13-23-37-35(45)39-25-27-43(28-26-40-36(46)38-24-14-30-56(52-10-4,53-11-5)54-12-6)33-19-15-31(16-20-33)41-42-32-17-21-34(22-18-32)44(47)48/h15-22H,7-14,23-30H2,1-6H3,(H2,37,39,45)(H2,38,40,46). The van der Waals surface area contributed by atoms with Crippen LogP contribution in [0.4, 0.5) is 32.3 Å². The number of benzene rings is 2. The molecule has 314 valence electrons. The zero-order valence-corrected chi connectivity index (χ0v) is 35.8. The molecule has 2 aromatic carbocycles. The Morgan fingerprint density at radius 2 is 0.929 bits per heavy atom. The third kappa shape index (κ3) is 18.3. The van der Waals surface area contributed by atoms with Gasteiger partial charge in [-0.05, 0) is 90.8 Å². The first-order valence-electron chi connectivity index (χ1n) is 19.5. The molecule has 4 amide bonds. The molecule has 0 bridgehead atoms. The Balaban J connectivity index is 1.98. The summed E-state index contributed by atoms with van der Waals surface area (Å²) in [6.07, 6.45) is 1.28. The van der Waals surface area contributed by atoms with Crippen molar-refractivity contribution in [2.24, 2.45) is 10.2 Å². The van der Waals surface area contributed by atoms with E-state index >= 15 is 0 Å². The average molecular weight is 823 g/mol. The largest absolute Gasteiger partial charge is 0.500 e. The molecule has 0 saturated carbocycles. The van der Waals surface area contributed by atoms with Crippen molar-refractivity contribution in [3.63, 3.8) is 0 Å². The molecule has 0 aromatic heterocycles. The van der Waals surface area contributed by atoms with Crippen LogP contribution in [-0.2, 0) is 26.6 Å². The predicted molar refractivity (Wildman–Crippen MR) is 219 cm³/mol. The van der Waals surface area contributed by atoms with E-state index < -0.39 is 22.5 Å². The molecule has 0 fully saturated rings. The van der Waals surface area contributed by atoms with Gasteiger partial charge in [-0.25, -0.2) is 9.59 Å². The van der Waals surface area contributed by atoms with Crippen molar-refractivity contribution in [3.05, 3.63) is 58.6 Å². The van der Waals surface area contributed by atoms with Crippen LogP contribution in [0.15, 0.2) is 58.8 Å². The maximum absolute atomic E-state index is 12.7. The number of urea groups is 2. The summed E-state index contributed by atoms with van der Waals surface area (Å²) in [6.45, 7) is 16.9. The third-order valence-corrected chi connectivity index (χ3v) is 14.3. The Bertz CT molecular complexity index is 1360. The van der Waals surface area contributed by atoms with Crippen molar-refractivity contribution in [2.75, 3.05) is 83.8 Å². The van der Waals surface area contributed by atoms with E-state index in [-0.39, 0.29) is 17.7 Å². The topological polar surface area (TPSA) is 209 Å². The molecule has 0 saturated heterocycles. The molecule has 0 atom stereocenters. The average Bonchev–Trinajstić information content (AvgIpc) is 3.18. The monoisotopic (exact) mass is 822 g/mol. The van der Waals surface area contributed by atoms with Crippen LogP contribution in [0.3, 0.4) is 0 Å². The Morgan fingerprint density at radius 3 is 1.27 bits per heavy atom. The molecule has 2 rings (SSSR count). The van der Waals surface area contributed by atoms with Gasteiger partial charge >= 0.3 is 29.7 Å². The van der Waals surface area contributed by atoms with Crippen molar-refractivity contribution in [1.29, 1.82) is 0 Å². The minimum absolute atomic E-state index is 0.0254. The molecule has 0 heterocycles. The van der Waals surface area contributed by atoms with E-state index in [1.807, 2.05) is 58.6 Å². The summed E-state index contributed by atoms with van der Waals surface area (Å²) in [5, 5.41) is 31.0. The van der Waals surface area contributed by atoms with Gasteiger partial charge in [-0.1, -0.05) is 0 Å². The van der Waals surface area contributed by atoms with E-state index in [1.54, 1.807) is 12.1 Å². The summed E-state index contributed by atoms with van der Waals surface area (Å²) >= 11 is 0. The van der Waals surface area contributed by atoms with Gasteiger partial charge in [0, 0.05) is 109 Å². The SMILES string of the molecule is CCO[Si](CCCNC(=O)NCCN(CCNC(=O)NCCC[Si](OCC)(OCC)OCC)c1ccc(N=Nc2ccc([N+](=O)[O-])cc2)cc1)(OCC)OCC. The number of carbonyl (C=O) groups excluding carboxylic acids is 2. The van der Waals surface area contributed by atoms with Crippen molar-refractivity contribution >= 4 is 52.4 Å². The molecule has 0 aliphatic rings. The van der Waals surface area contributed by atoms with Gasteiger partial charge in [-0.3, -0.25) is 10.1 Å². The lowest BCUT2D eigenvalue weighted by atomic mass is 10.2. The Labute approximate surface area is 333 Å². The van der Waals surface area contributed by atoms with Crippen molar-refractivity contribution in [2.45, 2.75) is 66.5 Å². The number of nitrogens with one attached hydrogen (secondary N) is 4. The van der Waals surface area contributed by atoms with Crippen LogP contribution in [-0.4, -0.2) is 114 Å². The number of carbonyl (C=O) groups is 2. The van der Waals surface area contributed by atoms with Gasteiger partial charge in [0.15, 0.2) is 0 Å². The Morgan fingerprint density at radius 1 is 0.589 bits per heavy atom. The summed E-state index contributed by atoms with van der Waals surface area (Å²) in [7, 11) is -5.58. The van der Waals surface area contributed by atoms with Gasteiger partial charge in [0.1, 0.15) is 0 Å². The van der Waals surface area contributed by atoms with Gasteiger partial charge in [-0.2, -0.15) is 10.2 Å². The van der Waals surface area contributed by atoms with Crippen molar-refractivity contribution < 1.29 is 41.1 Å². The summed E-state index contributed by atoms with van der Waals surface area (Å²) < 4.78 is 35.4. The Kier molecular flexibility index (Phi) is 23.7. The maximum atomic E-state index is 12.7. The minimum Gasteiger partial charge on any atom is -0.374 e. The fraction of sp³-hybridized carbons (Fsp3) is 0.611. The van der Waals surface area contributed by atoms with Gasteiger partial charge in [-0.15, -0.1) is 0 Å². The summed E-state index contributed by atoms with van der Waals surface area (Å²) in [6, 6.07) is 13.7. The zero-order chi connectivity index (χ0) is 41.1. The number of amides is 4. The highest BCUT2D eigenvalue weighted by Crippen LogP contribution is 2.24. The summed E-state index contributed by atoms with van der Waals surface area (Å²) in [5.41, 5.74) is 1.88. The van der Waals surface area contributed by atoms with E-state index in [0.717, 1.165) is 5.69 Å². The third-order valence-electron chi connectivity index (χ3n) is 7.97. The minimum atomic E-state index is -2.79. The van der Waals surface area contributed by atoms with Gasteiger partial charge < -0.3 is 52.7 Å². The molecule has 18 nitrogen and oxygen atoms in total. The molecular weight excluding hydrogens is 761 g/mol. The lowest BCUT2D eigenvalue weighted by Gasteiger charge is -2.28. The molecule has 0 unspecified atom stereocenters. The molecule has 20 heteroatoms. The summed E-state index contributed by atoms with van der Waals surface area (Å²) in [4.78, 5) is 37.9. The van der Waals surface area contributed by atoms with Crippen molar-refractivity contribution in [3.8, 4) is 0 Å². The number of nitro groups is 1. The van der Waals surface area contributed by atoms with Crippen LogP contribution < -0.4 is 26.2 Å². The van der Waals surface area contributed by atoms with E-state index in [0.29, 0.717) is 115 Å². The van der Waals surface area contributed by atoms with Gasteiger partial charge in [0.25, 0.3) is 5.69 Å². The maximum Gasteiger partial charge on any atom is 0.500 e. The van der Waals surface area contributed by atoms with Crippen LogP contribution in [0, 0.1) is 10.1 Å². The van der Waals surface area contributed by atoms with Crippen LogP contribution in [0.25, 0.3) is 0 Å². The fourth-order valence-electron chi connectivity index (χ4n) is 5.61. The first-order chi connectivity index (χ1) is 27.1. The number of non-ortho nitro benzene ring substituents is 1. The number of nitro benzene ring substituents is 1. The van der Waals surface area contributed by atoms with Crippen LogP contribution >= 0.6 is 0 Å². The molecule has 0 radical (unpaired) electrons. The molecule has 56 heavy (non-hydrogen) atoms. The number of azo groups is 1. The molecule has 0 aliphatic heterocycles. The second-order valence-electron chi connectivity index (χ2n) is 12.0. The van der Waals surface area contributed by atoms with Crippen LogP contribution in [0.5, 0.6) is 0 Å². The zero-order valence-electron chi connectivity index (χ0n) is 33.8. The quantitative estimate of drug-likeness (QED) is 0.0226. The van der Waals surface area contributed by atoms with Crippen LogP contribution in [0.2, 0.25) is 12.1 Å². The molecule has 0 aliphatic carbocycles. The van der Waals surface area contributed by atoms with Crippen molar-refractivity contribution in [1.82, 2.24) is 21.3 Å². The number of nitrogens with zero attached hydrogens (tertiary/aromatic N) is 4. The summed E-state index contributed by atoms with van der Waals surface area (Å²) in [5.74, 6) is 0.